The molecule has 1 atom stereocenters. The molecule has 2 aromatic heterocycles. The van der Waals surface area contributed by atoms with Gasteiger partial charge in [0.15, 0.2) is 17.5 Å². The molecule has 0 spiro atoms. The van der Waals surface area contributed by atoms with E-state index in [9.17, 15) is 0 Å². The van der Waals surface area contributed by atoms with E-state index in [1.165, 1.54) is 10.8 Å². The average molecular weight is 736 g/mol. The maximum absolute atomic E-state index is 5.23. The van der Waals surface area contributed by atoms with E-state index in [0.717, 1.165) is 61.4 Å². The Morgan fingerprint density at radius 3 is 1.60 bits per heavy atom. The fourth-order valence-corrected chi connectivity index (χ4v) is 7.91. The number of nitrogens with zero attached hydrogens (tertiary/aromatic N) is 5. The standard InChI is InChI=1S/C52H41N5/c1-4-20-36(2)42-34-33-41(38-21-8-5-9-22-38)35-49(42)57(37(3)56-46-30-17-14-27-43(46)44-28-15-18-31-47(44)56)48-32-19-16-29-45(48)52-54-50(39-23-10-6-11-24-39)53-51(55-52)40-25-12-7-13-26-40/h4-35,37H,2H2,1,3H3/b20-4-. The maximum atomic E-state index is 5.23. The molecular formula is C52H41N5. The van der Waals surface area contributed by atoms with Crippen molar-refractivity contribution in [1.82, 2.24) is 19.5 Å². The molecule has 0 radical (unpaired) electrons. The van der Waals surface area contributed by atoms with Crippen LogP contribution >= 0.6 is 0 Å². The van der Waals surface area contributed by atoms with Crippen molar-refractivity contribution in [2.45, 2.75) is 20.0 Å². The quantitative estimate of drug-likeness (QED) is 0.131. The van der Waals surface area contributed by atoms with E-state index in [1.54, 1.807) is 0 Å². The van der Waals surface area contributed by atoms with Gasteiger partial charge in [-0.15, -0.1) is 0 Å². The predicted octanol–water partition coefficient (Wildman–Crippen LogP) is 13.6. The third-order valence-corrected chi connectivity index (χ3v) is 10.5. The summed E-state index contributed by atoms with van der Waals surface area (Å²) in [4.78, 5) is 17.9. The summed E-state index contributed by atoms with van der Waals surface area (Å²) in [6, 6.07) is 63.4. The van der Waals surface area contributed by atoms with Crippen LogP contribution in [0.5, 0.6) is 0 Å². The summed E-state index contributed by atoms with van der Waals surface area (Å²) in [6.07, 6.45) is 3.90. The second-order valence-corrected chi connectivity index (χ2v) is 14.1. The highest BCUT2D eigenvalue weighted by Gasteiger charge is 2.28. The number of anilines is 2. The number of aromatic nitrogens is 4. The number of hydrogen-bond donors (Lipinski definition) is 0. The van der Waals surface area contributed by atoms with Crippen LogP contribution in [0.2, 0.25) is 0 Å². The van der Waals surface area contributed by atoms with Crippen molar-refractivity contribution in [3.63, 3.8) is 0 Å². The van der Waals surface area contributed by atoms with Crippen LogP contribution in [0.15, 0.2) is 201 Å². The first-order valence-electron chi connectivity index (χ1n) is 19.3. The van der Waals surface area contributed by atoms with Crippen LogP contribution in [0.1, 0.15) is 25.6 Å². The molecular weight excluding hydrogens is 695 g/mol. The molecule has 57 heavy (non-hydrogen) atoms. The van der Waals surface area contributed by atoms with Gasteiger partial charge in [0.1, 0.15) is 6.17 Å². The van der Waals surface area contributed by atoms with Gasteiger partial charge in [-0.25, -0.2) is 15.0 Å². The molecule has 0 saturated carbocycles. The first-order valence-corrected chi connectivity index (χ1v) is 19.3. The van der Waals surface area contributed by atoms with Crippen LogP contribution in [0.3, 0.4) is 0 Å². The molecule has 9 aromatic rings. The van der Waals surface area contributed by atoms with Crippen molar-refractivity contribution in [2.24, 2.45) is 0 Å². The molecule has 7 aromatic carbocycles. The SMILES string of the molecule is C=C(/C=C\C)c1ccc(-c2ccccc2)cc1N(c1ccccc1-c1nc(-c2ccccc2)nc(-c2ccccc2)n1)C(C)n1c2ccccc2c2ccccc21. The molecule has 5 nitrogen and oxygen atoms in total. The van der Waals surface area contributed by atoms with E-state index in [2.05, 4.69) is 150 Å². The van der Waals surface area contributed by atoms with Crippen LogP contribution in [-0.2, 0) is 0 Å². The van der Waals surface area contributed by atoms with Crippen molar-refractivity contribution < 1.29 is 0 Å². The molecule has 0 amide bonds. The molecule has 0 saturated heterocycles. The fourth-order valence-electron chi connectivity index (χ4n) is 7.91. The van der Waals surface area contributed by atoms with E-state index < -0.39 is 0 Å². The Morgan fingerprint density at radius 1 is 0.526 bits per heavy atom. The summed E-state index contributed by atoms with van der Waals surface area (Å²) >= 11 is 0. The van der Waals surface area contributed by atoms with Gasteiger partial charge in [-0.2, -0.15) is 0 Å². The number of para-hydroxylation sites is 3. The predicted molar refractivity (Wildman–Crippen MR) is 238 cm³/mol. The molecule has 0 aliphatic carbocycles. The molecule has 0 fully saturated rings. The Morgan fingerprint density at radius 2 is 1.02 bits per heavy atom. The number of rotatable bonds is 10. The lowest BCUT2D eigenvalue weighted by Gasteiger charge is -2.36. The summed E-state index contributed by atoms with van der Waals surface area (Å²) in [5.74, 6) is 1.82. The minimum absolute atomic E-state index is 0.233. The highest BCUT2D eigenvalue weighted by molar-refractivity contribution is 6.08. The van der Waals surface area contributed by atoms with Crippen LogP contribution in [0, 0.1) is 0 Å². The lowest BCUT2D eigenvalue weighted by Crippen LogP contribution is -2.28. The smallest absolute Gasteiger partial charge is 0.166 e. The Kier molecular flexibility index (Phi) is 9.55. The van der Waals surface area contributed by atoms with Gasteiger partial charge in [0, 0.05) is 33.0 Å². The van der Waals surface area contributed by atoms with Crippen LogP contribution < -0.4 is 4.90 Å². The Balaban J connectivity index is 1.35. The number of fused-ring (bicyclic) bond motifs is 3. The minimum Gasteiger partial charge on any atom is -0.319 e. The summed E-state index contributed by atoms with van der Waals surface area (Å²) in [6.45, 7) is 8.91. The first kappa shape index (κ1) is 35.3. The zero-order valence-electron chi connectivity index (χ0n) is 32.0. The third-order valence-electron chi connectivity index (χ3n) is 10.5. The third kappa shape index (κ3) is 6.70. The molecule has 0 aliphatic rings. The normalized spacial score (nSPS) is 12.0. The molecule has 0 bridgehead atoms. The highest BCUT2D eigenvalue weighted by atomic mass is 15.3. The Hall–Kier alpha value is -7.37. The molecule has 0 aliphatic heterocycles. The second-order valence-electron chi connectivity index (χ2n) is 14.1. The molecule has 5 heteroatoms. The molecule has 9 rings (SSSR count). The topological polar surface area (TPSA) is 46.8 Å². The van der Waals surface area contributed by atoms with Gasteiger partial charge in [0.2, 0.25) is 0 Å². The van der Waals surface area contributed by atoms with Crippen molar-refractivity contribution >= 4 is 38.8 Å². The second kappa shape index (κ2) is 15.4. The van der Waals surface area contributed by atoms with Gasteiger partial charge in [-0.05, 0) is 60.9 Å². The maximum Gasteiger partial charge on any atom is 0.166 e. The summed E-state index contributed by atoms with van der Waals surface area (Å²) in [7, 11) is 0. The lowest BCUT2D eigenvalue weighted by atomic mass is 9.96. The monoisotopic (exact) mass is 735 g/mol. The van der Waals surface area contributed by atoms with Crippen LogP contribution in [0.4, 0.5) is 11.4 Å². The largest absolute Gasteiger partial charge is 0.319 e. The molecule has 274 valence electrons. The average Bonchev–Trinajstić information content (AvgIpc) is 3.62. The lowest BCUT2D eigenvalue weighted by molar-refractivity contribution is 0.590. The summed E-state index contributed by atoms with van der Waals surface area (Å²) in [5.41, 5.74) is 11.2. The Labute approximate surface area is 333 Å². The summed E-state index contributed by atoms with van der Waals surface area (Å²) in [5, 5.41) is 2.42. The van der Waals surface area contributed by atoms with Gasteiger partial charge in [0.05, 0.1) is 22.4 Å². The van der Waals surface area contributed by atoms with E-state index in [4.69, 9.17) is 15.0 Å². The summed E-state index contributed by atoms with van der Waals surface area (Å²) < 4.78 is 2.46. The van der Waals surface area contributed by atoms with Crippen molar-refractivity contribution in [1.29, 1.82) is 0 Å². The van der Waals surface area contributed by atoms with E-state index in [0.29, 0.717) is 17.5 Å². The molecule has 2 heterocycles. The molecule has 0 N–H and O–H groups in total. The zero-order chi connectivity index (χ0) is 38.7. The minimum atomic E-state index is -0.233. The number of benzene rings is 7. The van der Waals surface area contributed by atoms with Gasteiger partial charge >= 0.3 is 0 Å². The van der Waals surface area contributed by atoms with Crippen molar-refractivity contribution in [3.05, 3.63) is 206 Å². The van der Waals surface area contributed by atoms with Crippen LogP contribution in [-0.4, -0.2) is 19.5 Å². The van der Waals surface area contributed by atoms with E-state index in [-0.39, 0.29) is 6.17 Å². The van der Waals surface area contributed by atoms with Crippen molar-refractivity contribution in [2.75, 3.05) is 4.90 Å². The van der Waals surface area contributed by atoms with E-state index in [1.807, 2.05) is 73.7 Å². The van der Waals surface area contributed by atoms with E-state index >= 15 is 0 Å². The van der Waals surface area contributed by atoms with Gasteiger partial charge < -0.3 is 9.47 Å². The number of hydrogen-bond acceptors (Lipinski definition) is 4. The van der Waals surface area contributed by atoms with Gasteiger partial charge in [-0.1, -0.05) is 170 Å². The van der Waals surface area contributed by atoms with Gasteiger partial charge in [0.25, 0.3) is 0 Å². The van der Waals surface area contributed by atoms with Crippen LogP contribution in [0.25, 0.3) is 72.7 Å². The highest BCUT2D eigenvalue weighted by Crippen LogP contribution is 2.45. The molecule has 1 unspecified atom stereocenters. The number of allylic oxidation sites excluding steroid dienone is 3. The van der Waals surface area contributed by atoms with Crippen molar-refractivity contribution in [3.8, 4) is 45.3 Å². The zero-order valence-corrected chi connectivity index (χ0v) is 32.0. The Bertz CT molecular complexity index is 2780. The fraction of sp³-hybridized carbons (Fsp3) is 0.0577. The first-order chi connectivity index (χ1) is 28.1. The van der Waals surface area contributed by atoms with Gasteiger partial charge in [-0.3, -0.25) is 0 Å².